The summed E-state index contributed by atoms with van der Waals surface area (Å²) < 4.78 is 11.1. The Morgan fingerprint density at radius 2 is 0.674 bits per heavy atom. The molecule has 8 heteroatoms. The smallest absolute Gasteiger partial charge is 0.322 e. The highest BCUT2D eigenvalue weighted by molar-refractivity contribution is 5.93. The summed E-state index contributed by atoms with van der Waals surface area (Å²) in [7, 11) is 0. The Hall–Kier alpha value is -2.78. The lowest BCUT2D eigenvalue weighted by atomic mass is 9.82. The Morgan fingerprint density at radius 3 is 0.860 bits per heavy atom. The largest absolute Gasteiger partial charge is 0.426 e. The van der Waals surface area contributed by atoms with E-state index in [0.717, 1.165) is 0 Å². The SMILES string of the molecule is CCC(O)(CC)c1cc(OC(=O)CC(=O)Oc2cc(C(O)(CC)CC)cc(C(O)(CC)CC)c2)cc(C(O)(CC)CC)c1. The summed E-state index contributed by atoms with van der Waals surface area (Å²) in [5.74, 6) is -1.51. The number of carbonyl (C=O) groups excluding carboxylic acids is 2. The van der Waals surface area contributed by atoms with Crippen LogP contribution < -0.4 is 9.47 Å². The highest BCUT2D eigenvalue weighted by atomic mass is 16.6. The number of hydrogen-bond acceptors (Lipinski definition) is 8. The molecular weight excluding hydrogens is 548 g/mol. The van der Waals surface area contributed by atoms with Crippen molar-refractivity contribution >= 4 is 11.9 Å². The van der Waals surface area contributed by atoms with Crippen molar-refractivity contribution in [1.29, 1.82) is 0 Å². The molecule has 0 aromatic heterocycles. The van der Waals surface area contributed by atoms with Gasteiger partial charge in [-0.05, 0) is 110 Å². The molecule has 4 N–H and O–H groups in total. The van der Waals surface area contributed by atoms with E-state index in [0.29, 0.717) is 73.6 Å². The van der Waals surface area contributed by atoms with Gasteiger partial charge in [-0.15, -0.1) is 0 Å². The van der Waals surface area contributed by atoms with E-state index in [9.17, 15) is 30.0 Å². The molecule has 0 heterocycles. The topological polar surface area (TPSA) is 134 Å². The molecule has 0 aliphatic heterocycles. The summed E-state index contributed by atoms with van der Waals surface area (Å²) in [6, 6.07) is 9.75. The molecule has 240 valence electrons. The highest BCUT2D eigenvalue weighted by Crippen LogP contribution is 2.39. The first-order valence-corrected chi connectivity index (χ1v) is 15.8. The van der Waals surface area contributed by atoms with Crippen LogP contribution in [0.1, 0.15) is 135 Å². The van der Waals surface area contributed by atoms with Crippen LogP contribution >= 0.6 is 0 Å². The van der Waals surface area contributed by atoms with Gasteiger partial charge in [-0.25, -0.2) is 0 Å². The van der Waals surface area contributed by atoms with E-state index in [1.807, 2.05) is 55.4 Å². The highest BCUT2D eigenvalue weighted by Gasteiger charge is 2.33. The van der Waals surface area contributed by atoms with E-state index >= 15 is 0 Å². The van der Waals surface area contributed by atoms with Crippen molar-refractivity contribution < 1.29 is 39.5 Å². The van der Waals surface area contributed by atoms with Gasteiger partial charge < -0.3 is 29.9 Å². The average Bonchev–Trinajstić information content (AvgIpc) is 3.02. The molecule has 0 fully saturated rings. The Kier molecular flexibility index (Phi) is 12.5. The van der Waals surface area contributed by atoms with Crippen LogP contribution in [0.15, 0.2) is 36.4 Å². The zero-order chi connectivity index (χ0) is 32.6. The molecule has 0 bridgehead atoms. The summed E-state index contributed by atoms with van der Waals surface area (Å²) in [6.07, 6.45) is 2.64. The van der Waals surface area contributed by atoms with Gasteiger partial charge in [0.05, 0.1) is 22.4 Å². The first kappa shape index (κ1) is 36.4. The second kappa shape index (κ2) is 14.8. The van der Waals surface area contributed by atoms with Gasteiger partial charge in [0.1, 0.15) is 17.9 Å². The molecule has 2 rings (SSSR count). The van der Waals surface area contributed by atoms with Crippen molar-refractivity contribution in [3.63, 3.8) is 0 Å². The molecule has 0 radical (unpaired) electrons. The zero-order valence-electron chi connectivity index (χ0n) is 27.2. The lowest BCUT2D eigenvalue weighted by Crippen LogP contribution is -2.28. The van der Waals surface area contributed by atoms with Crippen molar-refractivity contribution in [3.05, 3.63) is 58.7 Å². The molecule has 0 saturated heterocycles. The van der Waals surface area contributed by atoms with E-state index in [4.69, 9.17) is 9.47 Å². The monoisotopic (exact) mass is 600 g/mol. The van der Waals surface area contributed by atoms with Gasteiger partial charge in [-0.2, -0.15) is 0 Å². The minimum absolute atomic E-state index is 0.113. The molecular formula is C35H52O8. The third-order valence-corrected chi connectivity index (χ3v) is 9.39. The molecule has 0 aliphatic carbocycles. The number of esters is 2. The second-order valence-electron chi connectivity index (χ2n) is 11.6. The fourth-order valence-electron chi connectivity index (χ4n) is 5.48. The summed E-state index contributed by atoms with van der Waals surface area (Å²) in [4.78, 5) is 25.8. The van der Waals surface area contributed by atoms with Crippen molar-refractivity contribution in [1.82, 2.24) is 0 Å². The van der Waals surface area contributed by atoms with Crippen LogP contribution in [-0.4, -0.2) is 32.4 Å². The lowest BCUT2D eigenvalue weighted by molar-refractivity contribution is -0.144. The molecule has 0 aliphatic rings. The standard InChI is InChI=1S/C35H52O8/c1-9-32(38,10-2)24-17-25(33(39,11-3)12-4)20-28(19-24)42-30(36)23-31(37)43-29-21-26(34(40,13-5)14-6)18-27(22-29)35(41,15-7)16-8/h17-22,38-41H,9-16,23H2,1-8H3. The van der Waals surface area contributed by atoms with Gasteiger partial charge >= 0.3 is 11.9 Å². The molecule has 0 atom stereocenters. The minimum atomic E-state index is -1.18. The fourth-order valence-corrected chi connectivity index (χ4v) is 5.48. The van der Waals surface area contributed by atoms with E-state index in [2.05, 4.69) is 0 Å². The van der Waals surface area contributed by atoms with Crippen LogP contribution in [0.2, 0.25) is 0 Å². The summed E-state index contributed by atoms with van der Waals surface area (Å²) in [5.41, 5.74) is -2.66. The summed E-state index contributed by atoms with van der Waals surface area (Å²) in [5, 5.41) is 44.8. The first-order chi connectivity index (χ1) is 20.1. The second-order valence-corrected chi connectivity index (χ2v) is 11.6. The van der Waals surface area contributed by atoms with Gasteiger partial charge in [0.25, 0.3) is 0 Å². The van der Waals surface area contributed by atoms with Crippen LogP contribution in [-0.2, 0) is 32.0 Å². The first-order valence-electron chi connectivity index (χ1n) is 15.8. The molecule has 0 spiro atoms. The van der Waals surface area contributed by atoms with Gasteiger partial charge in [-0.1, -0.05) is 55.4 Å². The number of ether oxygens (including phenoxy) is 2. The average molecular weight is 601 g/mol. The normalized spacial score (nSPS) is 12.7. The Bertz CT molecular complexity index is 1070. The van der Waals surface area contributed by atoms with Crippen LogP contribution in [0, 0.1) is 0 Å². The molecule has 8 nitrogen and oxygen atoms in total. The quantitative estimate of drug-likeness (QED) is 0.0960. The zero-order valence-corrected chi connectivity index (χ0v) is 27.2. The third-order valence-electron chi connectivity index (χ3n) is 9.39. The van der Waals surface area contributed by atoms with Crippen molar-refractivity contribution in [2.24, 2.45) is 0 Å². The van der Waals surface area contributed by atoms with Crippen LogP contribution in [0.3, 0.4) is 0 Å². The number of benzene rings is 2. The Morgan fingerprint density at radius 1 is 0.465 bits per heavy atom. The van der Waals surface area contributed by atoms with Crippen molar-refractivity contribution in [2.45, 2.75) is 136 Å². The van der Waals surface area contributed by atoms with Crippen LogP contribution in [0.5, 0.6) is 11.5 Å². The number of rotatable bonds is 16. The minimum Gasteiger partial charge on any atom is -0.426 e. The van der Waals surface area contributed by atoms with Crippen LogP contribution in [0.25, 0.3) is 0 Å². The van der Waals surface area contributed by atoms with Gasteiger partial charge in [-0.3, -0.25) is 9.59 Å². The molecule has 0 amide bonds. The van der Waals surface area contributed by atoms with Crippen molar-refractivity contribution in [2.75, 3.05) is 0 Å². The summed E-state index contributed by atoms with van der Waals surface area (Å²) in [6.45, 7) is 14.8. The molecule has 43 heavy (non-hydrogen) atoms. The number of hydrogen-bond donors (Lipinski definition) is 4. The van der Waals surface area contributed by atoms with E-state index < -0.39 is 40.8 Å². The lowest BCUT2D eigenvalue weighted by Gasteiger charge is -2.31. The predicted molar refractivity (Wildman–Crippen MR) is 167 cm³/mol. The Labute approximate surface area is 257 Å². The predicted octanol–water partition coefficient (Wildman–Crippen LogP) is 6.62. The Balaban J connectivity index is 2.40. The fraction of sp³-hybridized carbons (Fsp3) is 0.600. The maximum absolute atomic E-state index is 12.9. The van der Waals surface area contributed by atoms with Gasteiger partial charge in [0, 0.05) is 0 Å². The van der Waals surface area contributed by atoms with Crippen LogP contribution in [0.4, 0.5) is 0 Å². The van der Waals surface area contributed by atoms with E-state index in [1.54, 1.807) is 36.4 Å². The summed E-state index contributed by atoms with van der Waals surface area (Å²) >= 11 is 0. The van der Waals surface area contributed by atoms with E-state index in [1.165, 1.54) is 0 Å². The molecule has 2 aromatic carbocycles. The third kappa shape index (κ3) is 8.24. The van der Waals surface area contributed by atoms with Crippen molar-refractivity contribution in [3.8, 4) is 11.5 Å². The number of aliphatic hydroxyl groups is 4. The maximum Gasteiger partial charge on any atom is 0.322 e. The molecule has 0 saturated carbocycles. The van der Waals surface area contributed by atoms with Gasteiger partial charge in [0.2, 0.25) is 0 Å². The van der Waals surface area contributed by atoms with Gasteiger partial charge in [0.15, 0.2) is 0 Å². The van der Waals surface area contributed by atoms with E-state index in [-0.39, 0.29) is 11.5 Å². The molecule has 0 unspecified atom stereocenters. The number of carbonyl (C=O) groups is 2. The molecule has 2 aromatic rings. The maximum atomic E-state index is 12.9.